The van der Waals surface area contributed by atoms with E-state index in [1.54, 1.807) is 36.4 Å². The minimum Gasteiger partial charge on any atom is -0.494 e. The second kappa shape index (κ2) is 9.47. The van der Waals surface area contributed by atoms with Crippen LogP contribution in [0, 0.1) is 0 Å². The number of hydrogen-bond acceptors (Lipinski definition) is 3. The van der Waals surface area contributed by atoms with Crippen LogP contribution in [-0.2, 0) is 4.79 Å². The maximum atomic E-state index is 12.3. The van der Waals surface area contributed by atoms with Crippen LogP contribution in [0.2, 0.25) is 0 Å². The number of hydrogen-bond donors (Lipinski definition) is 2. The molecule has 0 saturated heterocycles. The van der Waals surface area contributed by atoms with E-state index in [4.69, 9.17) is 4.74 Å². The van der Waals surface area contributed by atoms with E-state index < -0.39 is 0 Å². The van der Waals surface area contributed by atoms with Gasteiger partial charge in [-0.1, -0.05) is 13.3 Å². The topological polar surface area (TPSA) is 67.4 Å². The van der Waals surface area contributed by atoms with Gasteiger partial charge in [0.05, 0.1) is 6.61 Å². The van der Waals surface area contributed by atoms with Crippen molar-refractivity contribution in [3.05, 3.63) is 54.1 Å². The van der Waals surface area contributed by atoms with Crippen LogP contribution in [0.15, 0.2) is 48.5 Å². The molecular formula is C20H24N2O3. The number of ether oxygens (including phenoxy) is 1. The van der Waals surface area contributed by atoms with Crippen LogP contribution < -0.4 is 15.4 Å². The quantitative estimate of drug-likeness (QED) is 0.745. The van der Waals surface area contributed by atoms with Gasteiger partial charge in [-0.25, -0.2) is 0 Å². The first kappa shape index (κ1) is 18.5. The second-order valence-electron chi connectivity index (χ2n) is 5.64. The van der Waals surface area contributed by atoms with Crippen molar-refractivity contribution < 1.29 is 14.3 Å². The fourth-order valence-corrected chi connectivity index (χ4v) is 2.27. The number of carbonyl (C=O) groups is 2. The van der Waals surface area contributed by atoms with Crippen molar-refractivity contribution in [2.45, 2.75) is 33.1 Å². The molecule has 2 aromatic rings. The Balaban J connectivity index is 1.92. The second-order valence-corrected chi connectivity index (χ2v) is 5.64. The van der Waals surface area contributed by atoms with Crippen LogP contribution in [0.25, 0.3) is 0 Å². The first-order valence-corrected chi connectivity index (χ1v) is 8.56. The predicted octanol–water partition coefficient (Wildman–Crippen LogP) is 4.47. The molecule has 5 heteroatoms. The van der Waals surface area contributed by atoms with E-state index in [2.05, 4.69) is 10.6 Å². The number of benzene rings is 2. The lowest BCUT2D eigenvalue weighted by Gasteiger charge is -2.08. The summed E-state index contributed by atoms with van der Waals surface area (Å²) in [4.78, 5) is 24.0. The molecule has 0 saturated carbocycles. The summed E-state index contributed by atoms with van der Waals surface area (Å²) < 4.78 is 5.37. The highest BCUT2D eigenvalue weighted by atomic mass is 16.5. The summed E-state index contributed by atoms with van der Waals surface area (Å²) in [5.41, 5.74) is 1.92. The van der Waals surface area contributed by atoms with Crippen LogP contribution in [0.3, 0.4) is 0 Å². The number of amides is 2. The zero-order chi connectivity index (χ0) is 18.1. The fourth-order valence-electron chi connectivity index (χ4n) is 2.27. The van der Waals surface area contributed by atoms with Gasteiger partial charge in [-0.2, -0.15) is 0 Å². The highest BCUT2D eigenvalue weighted by molar-refractivity contribution is 6.04. The molecule has 0 fully saturated rings. The Kier molecular flexibility index (Phi) is 7.01. The number of unbranched alkanes of at least 4 members (excludes halogenated alkanes) is 1. The van der Waals surface area contributed by atoms with Crippen molar-refractivity contribution in [3.8, 4) is 5.75 Å². The van der Waals surface area contributed by atoms with Crippen LogP contribution in [0.4, 0.5) is 11.4 Å². The molecule has 0 aliphatic rings. The van der Waals surface area contributed by atoms with Crippen LogP contribution in [0.1, 0.15) is 43.5 Å². The lowest BCUT2D eigenvalue weighted by molar-refractivity contribution is -0.116. The van der Waals surface area contributed by atoms with Crippen molar-refractivity contribution in [1.29, 1.82) is 0 Å². The van der Waals surface area contributed by atoms with Crippen molar-refractivity contribution in [3.63, 3.8) is 0 Å². The molecule has 5 nitrogen and oxygen atoms in total. The van der Waals surface area contributed by atoms with Gasteiger partial charge in [-0.3, -0.25) is 9.59 Å². The monoisotopic (exact) mass is 340 g/mol. The molecule has 0 radical (unpaired) electrons. The molecule has 0 aliphatic carbocycles. The first-order chi connectivity index (χ1) is 12.1. The van der Waals surface area contributed by atoms with E-state index in [1.165, 1.54) is 0 Å². The lowest BCUT2D eigenvalue weighted by Crippen LogP contribution is -2.13. The van der Waals surface area contributed by atoms with E-state index in [0.29, 0.717) is 30.0 Å². The largest absolute Gasteiger partial charge is 0.494 e. The van der Waals surface area contributed by atoms with Crippen molar-refractivity contribution in [1.82, 2.24) is 0 Å². The Morgan fingerprint density at radius 2 is 1.48 bits per heavy atom. The van der Waals surface area contributed by atoms with Crippen LogP contribution in [-0.4, -0.2) is 18.4 Å². The normalized spacial score (nSPS) is 10.2. The van der Waals surface area contributed by atoms with E-state index in [0.717, 1.165) is 18.6 Å². The summed E-state index contributed by atoms with van der Waals surface area (Å²) in [6.45, 7) is 4.57. The highest BCUT2D eigenvalue weighted by Crippen LogP contribution is 2.17. The molecular weight excluding hydrogens is 316 g/mol. The molecule has 2 aromatic carbocycles. The van der Waals surface area contributed by atoms with E-state index in [1.807, 2.05) is 26.0 Å². The van der Waals surface area contributed by atoms with Crippen molar-refractivity contribution in [2.75, 3.05) is 17.2 Å². The molecule has 2 rings (SSSR count). The summed E-state index contributed by atoms with van der Waals surface area (Å²) >= 11 is 0. The van der Waals surface area contributed by atoms with E-state index >= 15 is 0 Å². The van der Waals surface area contributed by atoms with Gasteiger partial charge < -0.3 is 15.4 Å². The van der Waals surface area contributed by atoms with Crippen molar-refractivity contribution in [2.24, 2.45) is 0 Å². The van der Waals surface area contributed by atoms with Crippen molar-refractivity contribution >= 4 is 23.2 Å². The highest BCUT2D eigenvalue weighted by Gasteiger charge is 2.07. The lowest BCUT2D eigenvalue weighted by atomic mass is 10.1. The number of carbonyl (C=O) groups excluding carboxylic acids is 2. The molecule has 2 N–H and O–H groups in total. The third kappa shape index (κ3) is 5.95. The maximum Gasteiger partial charge on any atom is 0.255 e. The molecule has 0 atom stereocenters. The summed E-state index contributed by atoms with van der Waals surface area (Å²) in [5.74, 6) is 0.560. The van der Waals surface area contributed by atoms with Gasteiger partial charge in [0, 0.05) is 23.4 Å². The maximum absolute atomic E-state index is 12.3. The molecule has 0 aliphatic heterocycles. The molecule has 0 unspecified atom stereocenters. The van der Waals surface area contributed by atoms with Gasteiger partial charge >= 0.3 is 0 Å². The Morgan fingerprint density at radius 3 is 2.08 bits per heavy atom. The Morgan fingerprint density at radius 1 is 0.880 bits per heavy atom. The SMILES string of the molecule is CCCCC(=O)Nc1ccc(C(=O)Nc2ccc(OCC)cc2)cc1. The zero-order valence-electron chi connectivity index (χ0n) is 14.7. The van der Waals surface area contributed by atoms with Gasteiger partial charge in [0.1, 0.15) is 5.75 Å². The van der Waals surface area contributed by atoms with Gasteiger partial charge in [0.2, 0.25) is 5.91 Å². The minimum absolute atomic E-state index is 0.00607. The van der Waals surface area contributed by atoms with Crippen LogP contribution in [0.5, 0.6) is 5.75 Å². The van der Waals surface area contributed by atoms with Gasteiger partial charge in [-0.05, 0) is 61.9 Å². The number of anilines is 2. The Hall–Kier alpha value is -2.82. The van der Waals surface area contributed by atoms with E-state index in [9.17, 15) is 9.59 Å². The molecule has 0 spiro atoms. The van der Waals surface area contributed by atoms with Gasteiger partial charge in [0.25, 0.3) is 5.91 Å². The molecule has 0 aromatic heterocycles. The molecule has 25 heavy (non-hydrogen) atoms. The van der Waals surface area contributed by atoms with Gasteiger partial charge in [-0.15, -0.1) is 0 Å². The average Bonchev–Trinajstić information content (AvgIpc) is 2.62. The van der Waals surface area contributed by atoms with Gasteiger partial charge in [0.15, 0.2) is 0 Å². The van der Waals surface area contributed by atoms with Crippen LogP contribution >= 0.6 is 0 Å². The Bertz CT molecular complexity index is 694. The zero-order valence-corrected chi connectivity index (χ0v) is 14.7. The smallest absolute Gasteiger partial charge is 0.255 e. The number of nitrogens with one attached hydrogen (secondary N) is 2. The summed E-state index contributed by atoms with van der Waals surface area (Å²) in [6.07, 6.45) is 2.36. The standard InChI is InChI=1S/C20H24N2O3/c1-3-5-6-19(23)21-16-9-7-15(8-10-16)20(24)22-17-11-13-18(14-12-17)25-4-2/h7-14H,3-6H2,1-2H3,(H,21,23)(H,22,24). The molecule has 0 heterocycles. The molecule has 132 valence electrons. The third-order valence-electron chi connectivity index (χ3n) is 3.61. The Labute approximate surface area is 148 Å². The molecule has 2 amide bonds. The summed E-state index contributed by atoms with van der Waals surface area (Å²) in [7, 11) is 0. The third-order valence-corrected chi connectivity index (χ3v) is 3.61. The fraction of sp³-hybridized carbons (Fsp3) is 0.300. The predicted molar refractivity (Wildman–Crippen MR) is 100 cm³/mol. The average molecular weight is 340 g/mol. The summed E-state index contributed by atoms with van der Waals surface area (Å²) in [5, 5.41) is 5.66. The first-order valence-electron chi connectivity index (χ1n) is 8.56. The minimum atomic E-state index is -0.201. The summed E-state index contributed by atoms with van der Waals surface area (Å²) in [6, 6.07) is 14.1. The van der Waals surface area contributed by atoms with E-state index in [-0.39, 0.29) is 11.8 Å². The number of rotatable bonds is 8. The molecule has 0 bridgehead atoms.